The number of fused-ring (bicyclic) bond motifs is 1. The maximum atomic E-state index is 11.3. The van der Waals surface area contributed by atoms with Crippen molar-refractivity contribution in [3.8, 4) is 5.75 Å². The Balaban J connectivity index is 1.71. The van der Waals surface area contributed by atoms with Crippen molar-refractivity contribution in [3.63, 3.8) is 0 Å². The van der Waals surface area contributed by atoms with Gasteiger partial charge >= 0.3 is 6.03 Å². The molecule has 3 rings (SSSR count). The first-order valence-electron chi connectivity index (χ1n) is 6.76. The first kappa shape index (κ1) is 12.1. The van der Waals surface area contributed by atoms with Gasteiger partial charge in [-0.05, 0) is 18.6 Å². The smallest absolute Gasteiger partial charge is 0.314 e. The molecule has 2 heterocycles. The molecular formula is C14H19N3O2. The molecular weight excluding hydrogens is 242 g/mol. The molecule has 19 heavy (non-hydrogen) atoms. The minimum absolute atomic E-state index is 0.103. The molecule has 0 spiro atoms. The fraction of sp³-hybridized carbons (Fsp3) is 0.500. The van der Waals surface area contributed by atoms with Crippen molar-refractivity contribution < 1.29 is 9.53 Å². The SMILES string of the molecule is CNC(=O)N[C@@H]1CCN(c2cccc3c2CCO3)C1. The predicted octanol–water partition coefficient (Wildman–Crippen LogP) is 1.13. The van der Waals surface area contributed by atoms with E-state index in [1.165, 1.54) is 11.3 Å². The molecule has 0 radical (unpaired) electrons. The molecule has 1 fully saturated rings. The first-order valence-corrected chi connectivity index (χ1v) is 6.76. The lowest BCUT2D eigenvalue weighted by Crippen LogP contribution is -2.42. The summed E-state index contributed by atoms with van der Waals surface area (Å²) in [5, 5.41) is 5.57. The third-order valence-electron chi connectivity index (χ3n) is 3.81. The monoisotopic (exact) mass is 261 g/mol. The van der Waals surface area contributed by atoms with E-state index in [1.54, 1.807) is 7.05 Å². The molecule has 5 heteroatoms. The highest BCUT2D eigenvalue weighted by atomic mass is 16.5. The van der Waals surface area contributed by atoms with Gasteiger partial charge in [0, 0.05) is 43.9 Å². The molecule has 0 aromatic heterocycles. The van der Waals surface area contributed by atoms with Gasteiger partial charge in [-0.1, -0.05) is 6.07 Å². The number of nitrogens with zero attached hydrogens (tertiary/aromatic N) is 1. The number of rotatable bonds is 2. The number of urea groups is 1. The third kappa shape index (κ3) is 2.32. The maximum absolute atomic E-state index is 11.3. The van der Waals surface area contributed by atoms with Crippen LogP contribution in [0.2, 0.25) is 0 Å². The van der Waals surface area contributed by atoms with E-state index >= 15 is 0 Å². The first-order chi connectivity index (χ1) is 9.28. The fourth-order valence-electron chi connectivity index (χ4n) is 2.85. The average Bonchev–Trinajstić information content (AvgIpc) is 3.06. The molecule has 0 aliphatic carbocycles. The molecule has 1 aromatic rings. The zero-order valence-corrected chi connectivity index (χ0v) is 11.1. The number of amides is 2. The molecule has 0 bridgehead atoms. The Morgan fingerprint density at radius 3 is 3.21 bits per heavy atom. The Hall–Kier alpha value is -1.91. The summed E-state index contributed by atoms with van der Waals surface area (Å²) in [7, 11) is 1.64. The summed E-state index contributed by atoms with van der Waals surface area (Å²) >= 11 is 0. The number of hydrogen-bond donors (Lipinski definition) is 2. The molecule has 0 unspecified atom stereocenters. The number of carbonyl (C=O) groups excluding carboxylic acids is 1. The van der Waals surface area contributed by atoms with Crippen molar-refractivity contribution in [2.24, 2.45) is 0 Å². The van der Waals surface area contributed by atoms with Crippen LogP contribution in [0.1, 0.15) is 12.0 Å². The fourth-order valence-corrected chi connectivity index (χ4v) is 2.85. The topological polar surface area (TPSA) is 53.6 Å². The number of benzene rings is 1. The summed E-state index contributed by atoms with van der Waals surface area (Å²) in [4.78, 5) is 13.7. The van der Waals surface area contributed by atoms with Crippen molar-refractivity contribution in [1.82, 2.24) is 10.6 Å². The minimum Gasteiger partial charge on any atom is -0.493 e. The Labute approximate surface area is 112 Å². The van der Waals surface area contributed by atoms with Crippen LogP contribution in [0.25, 0.3) is 0 Å². The van der Waals surface area contributed by atoms with Gasteiger partial charge in [0.05, 0.1) is 6.61 Å². The van der Waals surface area contributed by atoms with Crippen LogP contribution >= 0.6 is 0 Å². The van der Waals surface area contributed by atoms with E-state index in [9.17, 15) is 4.79 Å². The van der Waals surface area contributed by atoms with E-state index in [2.05, 4.69) is 21.6 Å². The standard InChI is InChI=1S/C14H19N3O2/c1-15-14(18)16-10-5-7-17(9-10)12-3-2-4-13-11(12)6-8-19-13/h2-4,10H,5-9H2,1H3,(H2,15,16,18)/t10-/m1/s1. The van der Waals surface area contributed by atoms with E-state index in [1.807, 2.05) is 12.1 Å². The minimum atomic E-state index is -0.103. The number of hydrogen-bond acceptors (Lipinski definition) is 3. The lowest BCUT2D eigenvalue weighted by molar-refractivity contribution is 0.240. The maximum Gasteiger partial charge on any atom is 0.314 e. The summed E-state index contributed by atoms with van der Waals surface area (Å²) in [5.41, 5.74) is 2.57. The molecule has 1 aromatic carbocycles. The quantitative estimate of drug-likeness (QED) is 0.839. The van der Waals surface area contributed by atoms with Gasteiger partial charge in [-0.2, -0.15) is 0 Å². The van der Waals surface area contributed by atoms with E-state index in [0.29, 0.717) is 0 Å². The van der Waals surface area contributed by atoms with Crippen LogP contribution in [0.5, 0.6) is 5.75 Å². The van der Waals surface area contributed by atoms with Crippen LogP contribution < -0.4 is 20.3 Å². The highest BCUT2D eigenvalue weighted by Crippen LogP contribution is 2.35. The second-order valence-electron chi connectivity index (χ2n) is 5.01. The molecule has 102 valence electrons. The molecule has 2 aliphatic rings. The molecule has 2 amide bonds. The Bertz CT molecular complexity index is 490. The largest absolute Gasteiger partial charge is 0.493 e. The summed E-state index contributed by atoms with van der Waals surface area (Å²) < 4.78 is 5.60. The summed E-state index contributed by atoms with van der Waals surface area (Å²) in [5.74, 6) is 1.01. The second kappa shape index (κ2) is 4.99. The summed E-state index contributed by atoms with van der Waals surface area (Å²) in [6.07, 6.45) is 1.97. The van der Waals surface area contributed by atoms with E-state index in [0.717, 1.165) is 38.3 Å². The molecule has 1 atom stereocenters. The molecule has 2 aliphatic heterocycles. The van der Waals surface area contributed by atoms with Gasteiger partial charge in [0.25, 0.3) is 0 Å². The summed E-state index contributed by atoms with van der Waals surface area (Å²) in [6, 6.07) is 6.34. The zero-order chi connectivity index (χ0) is 13.2. The Morgan fingerprint density at radius 2 is 2.37 bits per heavy atom. The van der Waals surface area contributed by atoms with Crippen LogP contribution in [0.4, 0.5) is 10.5 Å². The van der Waals surface area contributed by atoms with Crippen LogP contribution in [0.3, 0.4) is 0 Å². The Morgan fingerprint density at radius 1 is 1.47 bits per heavy atom. The van der Waals surface area contributed by atoms with Gasteiger partial charge in [-0.25, -0.2) is 4.79 Å². The molecule has 2 N–H and O–H groups in total. The van der Waals surface area contributed by atoms with Gasteiger partial charge < -0.3 is 20.3 Å². The van der Waals surface area contributed by atoms with Crippen molar-refractivity contribution in [1.29, 1.82) is 0 Å². The highest BCUT2D eigenvalue weighted by molar-refractivity contribution is 5.74. The molecule has 5 nitrogen and oxygen atoms in total. The van der Waals surface area contributed by atoms with Gasteiger partial charge in [0.1, 0.15) is 5.75 Å². The van der Waals surface area contributed by atoms with Gasteiger partial charge in [0.2, 0.25) is 0 Å². The van der Waals surface area contributed by atoms with Crippen molar-refractivity contribution in [3.05, 3.63) is 23.8 Å². The molecule has 0 saturated carbocycles. The van der Waals surface area contributed by atoms with Crippen LogP contribution in [0.15, 0.2) is 18.2 Å². The van der Waals surface area contributed by atoms with Crippen molar-refractivity contribution >= 4 is 11.7 Å². The number of anilines is 1. The lowest BCUT2D eigenvalue weighted by Gasteiger charge is -2.21. The normalized spacial score (nSPS) is 20.9. The highest BCUT2D eigenvalue weighted by Gasteiger charge is 2.27. The van der Waals surface area contributed by atoms with E-state index in [4.69, 9.17) is 4.74 Å². The van der Waals surface area contributed by atoms with Crippen LogP contribution in [-0.4, -0.2) is 38.8 Å². The van der Waals surface area contributed by atoms with Gasteiger partial charge in [0.15, 0.2) is 0 Å². The van der Waals surface area contributed by atoms with E-state index in [-0.39, 0.29) is 12.1 Å². The lowest BCUT2D eigenvalue weighted by atomic mass is 10.1. The van der Waals surface area contributed by atoms with Gasteiger partial charge in [-0.3, -0.25) is 0 Å². The number of nitrogens with one attached hydrogen (secondary N) is 2. The van der Waals surface area contributed by atoms with Crippen LogP contribution in [-0.2, 0) is 6.42 Å². The molecule has 1 saturated heterocycles. The predicted molar refractivity (Wildman–Crippen MR) is 73.9 cm³/mol. The number of carbonyl (C=O) groups is 1. The van der Waals surface area contributed by atoms with Crippen LogP contribution in [0, 0.1) is 0 Å². The number of ether oxygens (including phenoxy) is 1. The van der Waals surface area contributed by atoms with E-state index < -0.39 is 0 Å². The van der Waals surface area contributed by atoms with Crippen molar-refractivity contribution in [2.75, 3.05) is 31.6 Å². The second-order valence-corrected chi connectivity index (χ2v) is 5.01. The van der Waals surface area contributed by atoms with Crippen molar-refractivity contribution in [2.45, 2.75) is 18.9 Å². The zero-order valence-electron chi connectivity index (χ0n) is 11.1. The third-order valence-corrected chi connectivity index (χ3v) is 3.81. The average molecular weight is 261 g/mol. The summed E-state index contributed by atoms with van der Waals surface area (Å²) in [6.45, 7) is 2.62. The van der Waals surface area contributed by atoms with Gasteiger partial charge in [-0.15, -0.1) is 0 Å². The Kier molecular flexibility index (Phi) is 3.19.